The van der Waals surface area contributed by atoms with E-state index in [0.29, 0.717) is 17.8 Å². The Balaban J connectivity index is 1.33. The van der Waals surface area contributed by atoms with Crippen LogP contribution in [0.2, 0.25) is 0 Å². The van der Waals surface area contributed by atoms with Gasteiger partial charge in [0.15, 0.2) is 0 Å². The molecule has 6 rings (SSSR count). The third kappa shape index (κ3) is 4.61. The molecule has 0 radical (unpaired) electrons. The third-order valence-corrected chi connectivity index (χ3v) is 6.73. The quantitative estimate of drug-likeness (QED) is 0.361. The lowest BCUT2D eigenvalue weighted by atomic mass is 10.0. The molecule has 6 nitrogen and oxygen atoms in total. The summed E-state index contributed by atoms with van der Waals surface area (Å²) in [6.07, 6.45) is 3.56. The molecule has 3 aromatic carbocycles. The van der Waals surface area contributed by atoms with Gasteiger partial charge in [-0.05, 0) is 59.0 Å². The Morgan fingerprint density at radius 2 is 1.73 bits per heavy atom. The number of carbonyl (C=O) groups excluding carboxylic acids is 1. The molecule has 1 amide bonds. The molecule has 1 fully saturated rings. The van der Waals surface area contributed by atoms with Crippen molar-refractivity contribution >= 4 is 16.8 Å². The zero-order valence-corrected chi connectivity index (χ0v) is 20.2. The number of H-pyrrole nitrogens is 1. The molecule has 2 aromatic heterocycles. The van der Waals surface area contributed by atoms with E-state index in [4.69, 9.17) is 0 Å². The van der Waals surface area contributed by atoms with Crippen LogP contribution >= 0.6 is 0 Å². The summed E-state index contributed by atoms with van der Waals surface area (Å²) >= 11 is 0. The maximum atomic E-state index is 13.7. The van der Waals surface area contributed by atoms with E-state index in [1.807, 2.05) is 71.6 Å². The molecule has 0 spiro atoms. The minimum Gasteiger partial charge on any atom is -0.329 e. The Kier molecular flexibility index (Phi) is 6.20. The van der Waals surface area contributed by atoms with Crippen LogP contribution in [-0.4, -0.2) is 45.6 Å². The number of carbonyl (C=O) groups is 1. The Morgan fingerprint density at radius 1 is 0.919 bits per heavy atom. The monoisotopic (exact) mass is 483 g/mol. The van der Waals surface area contributed by atoms with Gasteiger partial charge in [0.25, 0.3) is 5.91 Å². The number of hydrogen-bond acceptors (Lipinski definition) is 4. The van der Waals surface area contributed by atoms with Gasteiger partial charge in [-0.1, -0.05) is 54.5 Å². The molecule has 1 atom stereocenters. The van der Waals surface area contributed by atoms with Crippen LogP contribution in [0.3, 0.4) is 0 Å². The average Bonchev–Trinajstić information content (AvgIpc) is 3.39. The van der Waals surface area contributed by atoms with Crippen LogP contribution in [0, 0.1) is 11.8 Å². The average molecular weight is 484 g/mol. The van der Waals surface area contributed by atoms with E-state index in [0.717, 1.165) is 46.2 Å². The highest BCUT2D eigenvalue weighted by Crippen LogP contribution is 2.26. The fourth-order valence-electron chi connectivity index (χ4n) is 4.83. The topological polar surface area (TPSA) is 73.9 Å². The molecule has 0 bridgehead atoms. The lowest BCUT2D eigenvalue weighted by molar-refractivity contribution is 0.0634. The Labute approximate surface area is 215 Å². The first kappa shape index (κ1) is 22.7. The van der Waals surface area contributed by atoms with Crippen LogP contribution in [0.1, 0.15) is 33.2 Å². The maximum absolute atomic E-state index is 13.7. The number of nitrogens with one attached hydrogen (secondary N) is 2. The van der Waals surface area contributed by atoms with Gasteiger partial charge in [0, 0.05) is 48.5 Å². The number of rotatable bonds is 3. The minimum absolute atomic E-state index is 0.00792. The lowest BCUT2D eigenvalue weighted by Crippen LogP contribution is -2.48. The van der Waals surface area contributed by atoms with Crippen molar-refractivity contribution in [3.05, 3.63) is 120 Å². The second-order valence-corrected chi connectivity index (χ2v) is 8.99. The second-order valence-electron chi connectivity index (χ2n) is 8.99. The van der Waals surface area contributed by atoms with Crippen LogP contribution in [0.4, 0.5) is 0 Å². The SMILES string of the molecule is O=C(c1ccc2n[nH]c(C#Cc3ccccc3-c3ccncc3)c2c1)N1CCNCC1c1ccccc1. The number of aromatic nitrogens is 3. The van der Waals surface area contributed by atoms with Crippen molar-refractivity contribution in [3.8, 4) is 23.0 Å². The van der Waals surface area contributed by atoms with Crippen LogP contribution in [-0.2, 0) is 0 Å². The summed E-state index contributed by atoms with van der Waals surface area (Å²) in [4.78, 5) is 19.7. The summed E-state index contributed by atoms with van der Waals surface area (Å²) in [5.41, 5.74) is 6.25. The molecule has 0 aliphatic carbocycles. The fourth-order valence-corrected chi connectivity index (χ4v) is 4.83. The van der Waals surface area contributed by atoms with Gasteiger partial charge in [0.05, 0.1) is 11.6 Å². The maximum Gasteiger partial charge on any atom is 0.254 e. The van der Waals surface area contributed by atoms with Crippen LogP contribution < -0.4 is 5.32 Å². The van der Waals surface area contributed by atoms with Gasteiger partial charge in [-0.25, -0.2) is 0 Å². The predicted octanol–water partition coefficient (Wildman–Crippen LogP) is 4.81. The van der Waals surface area contributed by atoms with Gasteiger partial charge in [-0.3, -0.25) is 14.9 Å². The first-order valence-electron chi connectivity index (χ1n) is 12.3. The van der Waals surface area contributed by atoms with Crippen molar-refractivity contribution in [2.45, 2.75) is 6.04 Å². The Bertz CT molecular complexity index is 1620. The number of benzene rings is 3. The molecule has 1 unspecified atom stereocenters. The number of aromatic amines is 1. The van der Waals surface area contributed by atoms with Gasteiger partial charge in [-0.15, -0.1) is 0 Å². The second kappa shape index (κ2) is 10.1. The van der Waals surface area contributed by atoms with Crippen LogP contribution in [0.25, 0.3) is 22.0 Å². The van der Waals surface area contributed by atoms with Gasteiger partial charge < -0.3 is 10.2 Å². The van der Waals surface area contributed by atoms with E-state index in [-0.39, 0.29) is 11.9 Å². The van der Waals surface area contributed by atoms with Crippen molar-refractivity contribution in [2.24, 2.45) is 0 Å². The molecule has 3 heterocycles. The number of nitrogens with zero attached hydrogens (tertiary/aromatic N) is 3. The molecule has 6 heteroatoms. The molecule has 0 saturated carbocycles. The Hall–Kier alpha value is -4.73. The van der Waals surface area contributed by atoms with E-state index < -0.39 is 0 Å². The largest absolute Gasteiger partial charge is 0.329 e. The van der Waals surface area contributed by atoms with Crippen molar-refractivity contribution in [2.75, 3.05) is 19.6 Å². The van der Waals surface area contributed by atoms with E-state index in [1.54, 1.807) is 12.4 Å². The van der Waals surface area contributed by atoms with Crippen molar-refractivity contribution in [3.63, 3.8) is 0 Å². The van der Waals surface area contributed by atoms with Crippen molar-refractivity contribution in [1.29, 1.82) is 0 Å². The van der Waals surface area contributed by atoms with E-state index in [2.05, 4.69) is 50.5 Å². The first-order valence-corrected chi connectivity index (χ1v) is 12.3. The van der Waals surface area contributed by atoms with Gasteiger partial charge in [0.1, 0.15) is 5.69 Å². The van der Waals surface area contributed by atoms with E-state index in [1.165, 1.54) is 0 Å². The summed E-state index contributed by atoms with van der Waals surface area (Å²) in [6, 6.07) is 27.8. The highest BCUT2D eigenvalue weighted by atomic mass is 16.2. The van der Waals surface area contributed by atoms with Crippen molar-refractivity contribution in [1.82, 2.24) is 25.4 Å². The standard InChI is InChI=1S/C31H25N5O/c37-31(36-19-18-33-21-30(36)24-7-2-1-3-8-24)25-11-13-29-27(20-25)28(34-35-29)12-10-22-6-4-5-9-26(22)23-14-16-32-17-15-23/h1-9,11,13-17,20,30,33H,18-19,21H2,(H,34,35). The number of hydrogen-bond donors (Lipinski definition) is 2. The predicted molar refractivity (Wildman–Crippen MR) is 145 cm³/mol. The molecule has 2 N–H and O–H groups in total. The minimum atomic E-state index is -0.00792. The Morgan fingerprint density at radius 3 is 2.59 bits per heavy atom. The molecule has 1 aliphatic heterocycles. The summed E-state index contributed by atoms with van der Waals surface area (Å²) in [7, 11) is 0. The van der Waals surface area contributed by atoms with Crippen molar-refractivity contribution < 1.29 is 4.79 Å². The molecule has 180 valence electrons. The molecular weight excluding hydrogens is 458 g/mol. The highest BCUT2D eigenvalue weighted by molar-refractivity contribution is 5.99. The number of fused-ring (bicyclic) bond motifs is 1. The van der Waals surface area contributed by atoms with Crippen LogP contribution in [0.5, 0.6) is 0 Å². The smallest absolute Gasteiger partial charge is 0.254 e. The number of amides is 1. The molecule has 5 aromatic rings. The first-order chi connectivity index (χ1) is 18.3. The summed E-state index contributed by atoms with van der Waals surface area (Å²) in [5.74, 6) is 6.57. The zero-order chi connectivity index (χ0) is 25.0. The number of piperazine rings is 1. The highest BCUT2D eigenvalue weighted by Gasteiger charge is 2.28. The van der Waals surface area contributed by atoms with Crippen LogP contribution in [0.15, 0.2) is 97.3 Å². The van der Waals surface area contributed by atoms with Gasteiger partial charge >= 0.3 is 0 Å². The normalized spacial score (nSPS) is 15.2. The summed E-state index contributed by atoms with van der Waals surface area (Å²) in [5, 5.41) is 11.7. The molecular formula is C31H25N5O. The third-order valence-electron chi connectivity index (χ3n) is 6.73. The summed E-state index contributed by atoms with van der Waals surface area (Å²) < 4.78 is 0. The van der Waals surface area contributed by atoms with E-state index in [9.17, 15) is 4.79 Å². The fraction of sp³-hybridized carbons (Fsp3) is 0.129. The zero-order valence-electron chi connectivity index (χ0n) is 20.2. The lowest BCUT2D eigenvalue weighted by Gasteiger charge is -2.36. The molecule has 37 heavy (non-hydrogen) atoms. The van der Waals surface area contributed by atoms with Gasteiger partial charge in [0.2, 0.25) is 0 Å². The molecule has 1 aliphatic rings. The summed E-state index contributed by atoms with van der Waals surface area (Å²) in [6.45, 7) is 2.16. The van der Waals surface area contributed by atoms with Gasteiger partial charge in [-0.2, -0.15) is 5.10 Å². The van der Waals surface area contributed by atoms with E-state index >= 15 is 0 Å². The number of pyridine rings is 1. The molecule has 1 saturated heterocycles.